The molecule has 2 aromatic rings. The van der Waals surface area contributed by atoms with Crippen LogP contribution in [0.25, 0.3) is 0 Å². The Morgan fingerprint density at radius 2 is 1.89 bits per heavy atom. The highest BCUT2D eigenvalue weighted by molar-refractivity contribution is 7.15. The smallest absolute Gasteiger partial charge is 0.341 e. The number of hydrogen-bond acceptors (Lipinski definition) is 5. The van der Waals surface area contributed by atoms with Crippen molar-refractivity contribution in [3.05, 3.63) is 52.4 Å². The predicted molar refractivity (Wildman–Crippen MR) is 109 cm³/mol. The summed E-state index contributed by atoms with van der Waals surface area (Å²) >= 11 is 1.35. The normalized spacial score (nSPS) is 13.0. The van der Waals surface area contributed by atoms with Crippen LogP contribution in [0.5, 0.6) is 0 Å². The second-order valence-electron chi connectivity index (χ2n) is 6.70. The van der Waals surface area contributed by atoms with E-state index in [9.17, 15) is 14.4 Å². The number of benzene rings is 1. The van der Waals surface area contributed by atoms with E-state index in [1.54, 1.807) is 6.92 Å². The van der Waals surface area contributed by atoms with E-state index in [0.717, 1.165) is 24.0 Å². The summed E-state index contributed by atoms with van der Waals surface area (Å²) in [4.78, 5) is 36.5. The molecule has 1 aliphatic rings. The summed E-state index contributed by atoms with van der Waals surface area (Å²) in [6, 6.07) is 9.44. The summed E-state index contributed by atoms with van der Waals surface area (Å²) in [5.41, 5.74) is 2.38. The molecule has 28 heavy (non-hydrogen) atoms. The van der Waals surface area contributed by atoms with Gasteiger partial charge in [0.15, 0.2) is 0 Å². The van der Waals surface area contributed by atoms with Crippen LogP contribution in [0.4, 0.5) is 5.00 Å². The third kappa shape index (κ3) is 5.42. The van der Waals surface area contributed by atoms with E-state index in [1.807, 2.05) is 35.7 Å². The standard InChI is InChI=1S/C21H24N2O4S/c1-2-27-21(26)19-16(15-8-9-15)13-28-20(19)23-17(24)10-11-22-18(25)12-14-6-4-3-5-7-14/h3-7,13,15H,2,8-12H2,1H3,(H,22,25)(H,23,24). The molecule has 1 saturated carbocycles. The van der Waals surface area contributed by atoms with Gasteiger partial charge in [-0.3, -0.25) is 9.59 Å². The van der Waals surface area contributed by atoms with Gasteiger partial charge in [0.1, 0.15) is 5.00 Å². The summed E-state index contributed by atoms with van der Waals surface area (Å²) in [6.07, 6.45) is 2.54. The first-order valence-electron chi connectivity index (χ1n) is 9.47. The largest absolute Gasteiger partial charge is 0.462 e. The Labute approximate surface area is 168 Å². The molecule has 0 saturated heterocycles. The second kappa shape index (κ2) is 9.50. The first-order valence-corrected chi connectivity index (χ1v) is 10.4. The molecule has 7 heteroatoms. The minimum atomic E-state index is -0.392. The summed E-state index contributed by atoms with van der Waals surface area (Å²) in [7, 11) is 0. The van der Waals surface area contributed by atoms with Crippen LogP contribution in [0.3, 0.4) is 0 Å². The molecule has 148 valence electrons. The van der Waals surface area contributed by atoms with Gasteiger partial charge in [0.2, 0.25) is 11.8 Å². The molecule has 0 unspecified atom stereocenters. The van der Waals surface area contributed by atoms with Gasteiger partial charge in [0.25, 0.3) is 0 Å². The number of esters is 1. The van der Waals surface area contributed by atoms with Gasteiger partial charge in [-0.2, -0.15) is 0 Å². The number of ether oxygens (including phenoxy) is 1. The van der Waals surface area contributed by atoms with Gasteiger partial charge in [-0.25, -0.2) is 4.79 Å². The first kappa shape index (κ1) is 20.1. The highest BCUT2D eigenvalue weighted by Gasteiger charge is 2.32. The van der Waals surface area contributed by atoms with Gasteiger partial charge in [-0.05, 0) is 42.2 Å². The molecule has 0 spiro atoms. The Hall–Kier alpha value is -2.67. The molecule has 2 amide bonds. The van der Waals surface area contributed by atoms with Gasteiger partial charge < -0.3 is 15.4 Å². The fraction of sp³-hybridized carbons (Fsp3) is 0.381. The molecule has 2 N–H and O–H groups in total. The van der Waals surface area contributed by atoms with Gasteiger partial charge in [-0.1, -0.05) is 30.3 Å². The van der Waals surface area contributed by atoms with Crippen molar-refractivity contribution in [3.8, 4) is 0 Å². The van der Waals surface area contributed by atoms with E-state index >= 15 is 0 Å². The minimum Gasteiger partial charge on any atom is -0.462 e. The molecular formula is C21H24N2O4S. The second-order valence-corrected chi connectivity index (χ2v) is 7.58. The predicted octanol–water partition coefficient (Wildman–Crippen LogP) is 3.49. The molecule has 3 rings (SSSR count). The van der Waals surface area contributed by atoms with Crippen molar-refractivity contribution in [3.63, 3.8) is 0 Å². The van der Waals surface area contributed by atoms with Gasteiger partial charge in [-0.15, -0.1) is 11.3 Å². The van der Waals surface area contributed by atoms with Crippen molar-refractivity contribution in [2.45, 2.75) is 38.5 Å². The lowest BCUT2D eigenvalue weighted by Crippen LogP contribution is -2.29. The lowest BCUT2D eigenvalue weighted by Gasteiger charge is -2.09. The van der Waals surface area contributed by atoms with Crippen molar-refractivity contribution >= 4 is 34.1 Å². The molecule has 1 heterocycles. The highest BCUT2D eigenvalue weighted by Crippen LogP contribution is 2.46. The number of carbonyl (C=O) groups excluding carboxylic acids is 3. The molecule has 1 aromatic heterocycles. The lowest BCUT2D eigenvalue weighted by atomic mass is 10.1. The van der Waals surface area contributed by atoms with Crippen molar-refractivity contribution < 1.29 is 19.1 Å². The topological polar surface area (TPSA) is 84.5 Å². The number of rotatable bonds is 9. The van der Waals surface area contributed by atoms with Crippen molar-refractivity contribution in [1.29, 1.82) is 0 Å². The third-order valence-electron chi connectivity index (χ3n) is 4.45. The zero-order chi connectivity index (χ0) is 19.9. The van der Waals surface area contributed by atoms with Crippen LogP contribution in [0.2, 0.25) is 0 Å². The molecule has 6 nitrogen and oxygen atoms in total. The van der Waals surface area contributed by atoms with Crippen molar-refractivity contribution in [2.24, 2.45) is 0 Å². The Kier molecular flexibility index (Phi) is 6.81. The van der Waals surface area contributed by atoms with Crippen LogP contribution in [0, 0.1) is 0 Å². The first-order chi connectivity index (χ1) is 13.6. The van der Waals surface area contributed by atoms with Crippen LogP contribution in [-0.4, -0.2) is 30.9 Å². The molecule has 0 radical (unpaired) electrons. The van der Waals surface area contributed by atoms with E-state index in [4.69, 9.17) is 4.74 Å². The average molecular weight is 401 g/mol. The Morgan fingerprint density at radius 3 is 2.57 bits per heavy atom. The number of thiophene rings is 1. The van der Waals surface area contributed by atoms with Crippen molar-refractivity contribution in [2.75, 3.05) is 18.5 Å². The van der Waals surface area contributed by atoms with Crippen LogP contribution in [0.15, 0.2) is 35.7 Å². The molecule has 0 atom stereocenters. The third-order valence-corrected chi connectivity index (χ3v) is 5.36. The molecule has 0 bridgehead atoms. The number of carbonyl (C=O) groups is 3. The van der Waals surface area contributed by atoms with E-state index < -0.39 is 5.97 Å². The van der Waals surface area contributed by atoms with E-state index in [2.05, 4.69) is 10.6 Å². The van der Waals surface area contributed by atoms with Crippen molar-refractivity contribution in [1.82, 2.24) is 5.32 Å². The SMILES string of the molecule is CCOC(=O)c1c(C2CC2)csc1NC(=O)CCNC(=O)Cc1ccccc1. The molecule has 1 fully saturated rings. The summed E-state index contributed by atoms with van der Waals surface area (Å²) in [5, 5.41) is 8.02. The maximum absolute atomic E-state index is 12.3. The maximum Gasteiger partial charge on any atom is 0.341 e. The molecule has 0 aliphatic heterocycles. The molecular weight excluding hydrogens is 376 g/mol. The number of amides is 2. The zero-order valence-corrected chi connectivity index (χ0v) is 16.6. The van der Waals surface area contributed by atoms with Crippen LogP contribution < -0.4 is 10.6 Å². The average Bonchev–Trinajstić information content (AvgIpc) is 3.43. The quantitative estimate of drug-likeness (QED) is 0.631. The number of nitrogens with one attached hydrogen (secondary N) is 2. The van der Waals surface area contributed by atoms with Gasteiger partial charge in [0, 0.05) is 13.0 Å². The fourth-order valence-corrected chi connectivity index (χ4v) is 3.97. The summed E-state index contributed by atoms with van der Waals surface area (Å²) in [5.74, 6) is -0.371. The fourth-order valence-electron chi connectivity index (χ4n) is 2.92. The maximum atomic E-state index is 12.3. The molecule has 1 aromatic carbocycles. The van der Waals surface area contributed by atoms with E-state index in [0.29, 0.717) is 23.1 Å². The van der Waals surface area contributed by atoms with Crippen LogP contribution in [-0.2, 0) is 20.7 Å². The number of anilines is 1. The summed E-state index contributed by atoms with van der Waals surface area (Å²) in [6.45, 7) is 2.30. The van der Waals surface area contributed by atoms with E-state index in [-0.39, 0.29) is 31.2 Å². The van der Waals surface area contributed by atoms with Crippen LogP contribution >= 0.6 is 11.3 Å². The Morgan fingerprint density at radius 1 is 1.14 bits per heavy atom. The van der Waals surface area contributed by atoms with E-state index in [1.165, 1.54) is 11.3 Å². The van der Waals surface area contributed by atoms with Crippen LogP contribution in [0.1, 0.15) is 53.6 Å². The lowest BCUT2D eigenvalue weighted by molar-refractivity contribution is -0.120. The minimum absolute atomic E-state index is 0.127. The van der Waals surface area contributed by atoms with Gasteiger partial charge >= 0.3 is 5.97 Å². The zero-order valence-electron chi connectivity index (χ0n) is 15.8. The Balaban J connectivity index is 1.51. The van der Waals surface area contributed by atoms with Gasteiger partial charge in [0.05, 0.1) is 18.6 Å². The highest BCUT2D eigenvalue weighted by atomic mass is 32.1. The summed E-state index contributed by atoms with van der Waals surface area (Å²) < 4.78 is 5.16. The molecule has 1 aliphatic carbocycles. The monoisotopic (exact) mass is 400 g/mol. The Bertz CT molecular complexity index is 843. The number of hydrogen-bond donors (Lipinski definition) is 2.